The van der Waals surface area contributed by atoms with Gasteiger partial charge < -0.3 is 20.9 Å². The van der Waals surface area contributed by atoms with Crippen molar-refractivity contribution in [3.05, 3.63) is 34.9 Å². The van der Waals surface area contributed by atoms with E-state index in [4.69, 9.17) is 11.6 Å². The number of nitrogens with zero attached hydrogens (tertiary/aromatic N) is 1. The van der Waals surface area contributed by atoms with E-state index in [1.54, 1.807) is 29.2 Å². The summed E-state index contributed by atoms with van der Waals surface area (Å²) in [6.45, 7) is 8.12. The highest BCUT2D eigenvalue weighted by atomic mass is 35.5. The zero-order chi connectivity index (χ0) is 21.4. The second-order valence-corrected chi connectivity index (χ2v) is 8.14. The number of urea groups is 1. The highest BCUT2D eigenvalue weighted by molar-refractivity contribution is 6.33. The number of halogens is 1. The van der Waals surface area contributed by atoms with Crippen LogP contribution in [0.25, 0.3) is 0 Å². The standard InChI is InChI=1S/C21H31ClN4O3/c1-4-23-21(29)26-11-9-15(10-12-26)18(20(28)24-13-14(2)3)25-19(27)16-7-5-6-8-17(16)22/h5-8,14-15,18H,4,9-13H2,1-3H3,(H,23,29)(H,24,28)(H,25,27)/t18-/m1/s1. The molecule has 1 aromatic carbocycles. The van der Waals surface area contributed by atoms with Gasteiger partial charge in [-0.15, -0.1) is 0 Å². The normalized spacial score (nSPS) is 15.7. The van der Waals surface area contributed by atoms with Crippen molar-refractivity contribution in [3.63, 3.8) is 0 Å². The third-order valence-electron chi connectivity index (χ3n) is 5.00. The van der Waals surface area contributed by atoms with Gasteiger partial charge in [-0.05, 0) is 43.7 Å². The second kappa shape index (κ2) is 11.0. The number of likely N-dealkylation sites (tertiary alicyclic amines) is 1. The van der Waals surface area contributed by atoms with Gasteiger partial charge in [-0.25, -0.2) is 4.79 Å². The minimum Gasteiger partial charge on any atom is -0.354 e. The largest absolute Gasteiger partial charge is 0.354 e. The first-order valence-corrected chi connectivity index (χ1v) is 10.6. The van der Waals surface area contributed by atoms with E-state index in [0.717, 1.165) is 0 Å². The molecular weight excluding hydrogens is 392 g/mol. The number of amides is 4. The van der Waals surface area contributed by atoms with Crippen LogP contribution < -0.4 is 16.0 Å². The molecule has 0 unspecified atom stereocenters. The number of piperidine rings is 1. The molecule has 0 aromatic heterocycles. The Bertz CT molecular complexity index is 718. The zero-order valence-electron chi connectivity index (χ0n) is 17.3. The van der Waals surface area contributed by atoms with Crippen LogP contribution in [-0.4, -0.2) is 55.0 Å². The molecular formula is C21H31ClN4O3. The van der Waals surface area contributed by atoms with E-state index in [1.807, 2.05) is 20.8 Å². The first-order valence-electron chi connectivity index (χ1n) is 10.2. The Morgan fingerprint density at radius 2 is 1.79 bits per heavy atom. The quantitative estimate of drug-likeness (QED) is 0.630. The van der Waals surface area contributed by atoms with Crippen LogP contribution in [0.3, 0.4) is 0 Å². The Kier molecular flexibility index (Phi) is 8.76. The molecule has 2 rings (SSSR count). The Morgan fingerprint density at radius 3 is 2.38 bits per heavy atom. The predicted molar refractivity (Wildman–Crippen MR) is 114 cm³/mol. The molecule has 4 amide bonds. The number of nitrogens with one attached hydrogen (secondary N) is 3. The fraction of sp³-hybridized carbons (Fsp3) is 0.571. The number of rotatable bonds is 7. The monoisotopic (exact) mass is 422 g/mol. The van der Waals surface area contributed by atoms with E-state index >= 15 is 0 Å². The molecule has 8 heteroatoms. The molecule has 0 spiro atoms. The summed E-state index contributed by atoms with van der Waals surface area (Å²) in [6, 6.07) is 6.01. The maximum Gasteiger partial charge on any atom is 0.317 e. The summed E-state index contributed by atoms with van der Waals surface area (Å²) >= 11 is 6.14. The molecule has 0 aliphatic carbocycles. The Labute approximate surface area is 177 Å². The summed E-state index contributed by atoms with van der Waals surface area (Å²) < 4.78 is 0. The van der Waals surface area contributed by atoms with Gasteiger partial charge in [0.25, 0.3) is 5.91 Å². The van der Waals surface area contributed by atoms with Crippen molar-refractivity contribution < 1.29 is 14.4 Å². The van der Waals surface area contributed by atoms with E-state index in [-0.39, 0.29) is 23.8 Å². The molecule has 160 valence electrons. The topological polar surface area (TPSA) is 90.5 Å². The van der Waals surface area contributed by atoms with Crippen LogP contribution in [-0.2, 0) is 4.79 Å². The van der Waals surface area contributed by atoms with Crippen LogP contribution in [0.4, 0.5) is 4.79 Å². The van der Waals surface area contributed by atoms with Gasteiger partial charge in [0.2, 0.25) is 5.91 Å². The van der Waals surface area contributed by atoms with Gasteiger partial charge in [-0.3, -0.25) is 9.59 Å². The second-order valence-electron chi connectivity index (χ2n) is 7.73. The van der Waals surface area contributed by atoms with E-state index in [2.05, 4.69) is 16.0 Å². The van der Waals surface area contributed by atoms with Crippen LogP contribution in [0.5, 0.6) is 0 Å². The van der Waals surface area contributed by atoms with Gasteiger partial charge in [-0.1, -0.05) is 37.6 Å². The molecule has 1 atom stereocenters. The third-order valence-corrected chi connectivity index (χ3v) is 5.33. The molecule has 1 heterocycles. The fourth-order valence-electron chi connectivity index (χ4n) is 3.38. The lowest BCUT2D eigenvalue weighted by Crippen LogP contribution is -2.55. The Hall–Kier alpha value is -2.28. The lowest BCUT2D eigenvalue weighted by Gasteiger charge is -2.35. The zero-order valence-corrected chi connectivity index (χ0v) is 18.1. The molecule has 1 fully saturated rings. The van der Waals surface area contributed by atoms with Crippen LogP contribution in [0.2, 0.25) is 5.02 Å². The van der Waals surface area contributed by atoms with Gasteiger partial charge in [0.15, 0.2) is 0 Å². The molecule has 0 saturated carbocycles. The average Bonchev–Trinajstić information content (AvgIpc) is 2.70. The van der Waals surface area contributed by atoms with E-state index in [1.165, 1.54) is 0 Å². The minimum absolute atomic E-state index is 0.0562. The summed E-state index contributed by atoms with van der Waals surface area (Å²) in [6.07, 6.45) is 1.28. The molecule has 0 bridgehead atoms. The Morgan fingerprint density at radius 1 is 1.14 bits per heavy atom. The van der Waals surface area contributed by atoms with Gasteiger partial charge >= 0.3 is 6.03 Å². The minimum atomic E-state index is -0.672. The molecule has 7 nitrogen and oxygen atoms in total. The van der Waals surface area contributed by atoms with Crippen molar-refractivity contribution in [2.24, 2.45) is 11.8 Å². The van der Waals surface area contributed by atoms with E-state index in [9.17, 15) is 14.4 Å². The number of hydrogen-bond acceptors (Lipinski definition) is 3. The molecule has 0 radical (unpaired) electrons. The molecule has 1 aliphatic heterocycles. The van der Waals surface area contributed by atoms with Gasteiger partial charge in [0, 0.05) is 26.2 Å². The molecule has 3 N–H and O–H groups in total. The van der Waals surface area contributed by atoms with Gasteiger partial charge in [-0.2, -0.15) is 0 Å². The summed E-state index contributed by atoms with van der Waals surface area (Å²) in [5.41, 5.74) is 0.343. The van der Waals surface area contributed by atoms with Crippen LogP contribution in [0, 0.1) is 11.8 Å². The summed E-state index contributed by atoms with van der Waals surface area (Å²) in [5, 5.41) is 8.95. The maximum absolute atomic E-state index is 12.9. The van der Waals surface area contributed by atoms with Crippen molar-refractivity contribution in [3.8, 4) is 0 Å². The fourth-order valence-corrected chi connectivity index (χ4v) is 3.60. The summed E-state index contributed by atoms with van der Waals surface area (Å²) in [5.74, 6) is -0.320. The smallest absolute Gasteiger partial charge is 0.317 e. The van der Waals surface area contributed by atoms with E-state index in [0.29, 0.717) is 55.5 Å². The average molecular weight is 423 g/mol. The third kappa shape index (κ3) is 6.63. The van der Waals surface area contributed by atoms with E-state index < -0.39 is 6.04 Å². The maximum atomic E-state index is 12.9. The molecule has 29 heavy (non-hydrogen) atoms. The van der Waals surface area contributed by atoms with Crippen molar-refractivity contribution in [1.82, 2.24) is 20.9 Å². The van der Waals surface area contributed by atoms with Crippen LogP contribution in [0.15, 0.2) is 24.3 Å². The van der Waals surface area contributed by atoms with Crippen molar-refractivity contribution in [2.45, 2.75) is 39.7 Å². The first-order chi connectivity index (χ1) is 13.8. The highest BCUT2D eigenvalue weighted by Gasteiger charge is 2.34. The van der Waals surface area contributed by atoms with Gasteiger partial charge in [0.1, 0.15) is 6.04 Å². The van der Waals surface area contributed by atoms with Crippen molar-refractivity contribution >= 4 is 29.4 Å². The number of benzene rings is 1. The lowest BCUT2D eigenvalue weighted by atomic mass is 9.88. The first kappa shape index (κ1) is 23.0. The SMILES string of the molecule is CCNC(=O)N1CCC([C@@H](NC(=O)c2ccccc2Cl)C(=O)NCC(C)C)CC1. The predicted octanol–water partition coefficient (Wildman–Crippen LogP) is 2.65. The molecule has 1 aromatic rings. The summed E-state index contributed by atoms with van der Waals surface area (Å²) in [7, 11) is 0. The number of carbonyl (C=O) groups is 3. The van der Waals surface area contributed by atoms with Crippen molar-refractivity contribution in [1.29, 1.82) is 0 Å². The lowest BCUT2D eigenvalue weighted by molar-refractivity contribution is -0.124. The van der Waals surface area contributed by atoms with Crippen LogP contribution >= 0.6 is 11.6 Å². The Balaban J connectivity index is 2.09. The summed E-state index contributed by atoms with van der Waals surface area (Å²) in [4.78, 5) is 39.4. The van der Waals surface area contributed by atoms with Crippen molar-refractivity contribution in [2.75, 3.05) is 26.2 Å². The number of hydrogen-bond donors (Lipinski definition) is 3. The van der Waals surface area contributed by atoms with Gasteiger partial charge in [0.05, 0.1) is 10.6 Å². The molecule has 1 saturated heterocycles. The highest BCUT2D eigenvalue weighted by Crippen LogP contribution is 2.22. The molecule has 1 aliphatic rings. The number of carbonyl (C=O) groups excluding carboxylic acids is 3. The van der Waals surface area contributed by atoms with Crippen LogP contribution in [0.1, 0.15) is 44.0 Å².